The van der Waals surface area contributed by atoms with Gasteiger partial charge in [0.1, 0.15) is 12.4 Å². The summed E-state index contributed by atoms with van der Waals surface area (Å²) in [5.74, 6) is 0.914. The maximum atomic E-state index is 12.5. The maximum Gasteiger partial charge on any atom is 0.253 e. The molecule has 1 heterocycles. The van der Waals surface area contributed by atoms with Crippen molar-refractivity contribution in [3.05, 3.63) is 42.5 Å². The molecule has 2 rings (SSSR count). The third-order valence-corrected chi connectivity index (χ3v) is 4.04. The van der Waals surface area contributed by atoms with Gasteiger partial charge < -0.3 is 14.5 Å². The van der Waals surface area contributed by atoms with Gasteiger partial charge in [0.25, 0.3) is 5.91 Å². The van der Waals surface area contributed by atoms with Crippen LogP contribution in [0.2, 0.25) is 0 Å². The van der Waals surface area contributed by atoms with Crippen LogP contribution in [0, 0.1) is 5.92 Å². The number of carbonyl (C=O) groups is 2. The zero-order chi connectivity index (χ0) is 16.8. The second-order valence-electron chi connectivity index (χ2n) is 5.92. The molecule has 0 aliphatic carbocycles. The molecule has 5 heteroatoms. The van der Waals surface area contributed by atoms with Crippen molar-refractivity contribution in [2.45, 2.75) is 12.8 Å². The molecule has 0 unspecified atom stereocenters. The lowest BCUT2D eigenvalue weighted by Gasteiger charge is -2.32. The van der Waals surface area contributed by atoms with E-state index in [2.05, 4.69) is 6.58 Å². The fourth-order valence-corrected chi connectivity index (χ4v) is 2.73. The summed E-state index contributed by atoms with van der Waals surface area (Å²) in [5.41, 5.74) is 0.647. The Morgan fingerprint density at radius 3 is 2.39 bits per heavy atom. The molecule has 0 N–H and O–H groups in total. The van der Waals surface area contributed by atoms with E-state index in [9.17, 15) is 9.59 Å². The van der Waals surface area contributed by atoms with E-state index in [1.165, 1.54) is 0 Å². The Kier molecular flexibility index (Phi) is 5.79. The molecule has 0 spiro atoms. The van der Waals surface area contributed by atoms with Crippen LogP contribution in [0.25, 0.3) is 0 Å². The van der Waals surface area contributed by atoms with Gasteiger partial charge >= 0.3 is 0 Å². The summed E-state index contributed by atoms with van der Waals surface area (Å²) in [7, 11) is 3.55. The third kappa shape index (κ3) is 4.34. The number of ether oxygens (including phenoxy) is 1. The topological polar surface area (TPSA) is 49.9 Å². The number of rotatable bonds is 5. The van der Waals surface area contributed by atoms with Gasteiger partial charge in [-0.1, -0.05) is 12.7 Å². The molecule has 1 saturated heterocycles. The van der Waals surface area contributed by atoms with Gasteiger partial charge in [-0.15, -0.1) is 0 Å². The molecule has 23 heavy (non-hydrogen) atoms. The summed E-state index contributed by atoms with van der Waals surface area (Å²) < 4.78 is 5.41. The van der Waals surface area contributed by atoms with Crippen LogP contribution in [0.1, 0.15) is 23.2 Å². The number of hydrogen-bond donors (Lipinski definition) is 0. The Bertz CT molecular complexity index is 558. The fraction of sp³-hybridized carbons (Fsp3) is 0.444. The lowest BCUT2D eigenvalue weighted by Crippen LogP contribution is -2.42. The summed E-state index contributed by atoms with van der Waals surface area (Å²) in [6.07, 6.45) is 3.13. The number of carbonyl (C=O) groups excluding carboxylic acids is 2. The maximum absolute atomic E-state index is 12.5. The van der Waals surface area contributed by atoms with E-state index in [1.54, 1.807) is 49.3 Å². The number of nitrogens with zero attached hydrogens (tertiary/aromatic N) is 2. The SMILES string of the molecule is C=CCOc1ccc(C(=O)N2CCC(C(=O)N(C)C)CC2)cc1. The minimum absolute atomic E-state index is 0.0102. The molecule has 124 valence electrons. The Morgan fingerprint density at radius 2 is 1.87 bits per heavy atom. The van der Waals surface area contributed by atoms with E-state index in [1.807, 2.05) is 4.90 Å². The average Bonchev–Trinajstić information content (AvgIpc) is 2.59. The minimum atomic E-state index is 0.0102. The molecule has 2 amide bonds. The van der Waals surface area contributed by atoms with E-state index in [0.29, 0.717) is 25.3 Å². The van der Waals surface area contributed by atoms with Crippen molar-refractivity contribution in [3.8, 4) is 5.75 Å². The number of hydrogen-bond acceptors (Lipinski definition) is 3. The quantitative estimate of drug-likeness (QED) is 0.783. The first-order valence-corrected chi connectivity index (χ1v) is 7.87. The van der Waals surface area contributed by atoms with Gasteiger partial charge in [0.2, 0.25) is 5.91 Å². The molecule has 0 aromatic heterocycles. The van der Waals surface area contributed by atoms with Crippen LogP contribution in [0.4, 0.5) is 0 Å². The molecule has 1 aliphatic heterocycles. The van der Waals surface area contributed by atoms with Crippen molar-refractivity contribution >= 4 is 11.8 Å². The fourth-order valence-electron chi connectivity index (χ4n) is 2.73. The first-order chi connectivity index (χ1) is 11.0. The molecule has 1 fully saturated rings. The van der Waals surface area contributed by atoms with Crippen LogP contribution >= 0.6 is 0 Å². The van der Waals surface area contributed by atoms with Crippen molar-refractivity contribution in [1.29, 1.82) is 0 Å². The van der Waals surface area contributed by atoms with Crippen LogP contribution in [0.15, 0.2) is 36.9 Å². The number of likely N-dealkylation sites (tertiary alicyclic amines) is 1. The molecule has 0 radical (unpaired) electrons. The van der Waals surface area contributed by atoms with Gasteiger partial charge in [-0.3, -0.25) is 9.59 Å². The zero-order valence-electron chi connectivity index (χ0n) is 13.8. The van der Waals surface area contributed by atoms with Crippen LogP contribution in [-0.2, 0) is 4.79 Å². The highest BCUT2D eigenvalue weighted by molar-refractivity contribution is 5.94. The molecule has 5 nitrogen and oxygen atoms in total. The second kappa shape index (κ2) is 7.81. The predicted octanol–water partition coefficient (Wildman–Crippen LogP) is 2.19. The highest BCUT2D eigenvalue weighted by Gasteiger charge is 2.28. The van der Waals surface area contributed by atoms with E-state index >= 15 is 0 Å². The van der Waals surface area contributed by atoms with Crippen molar-refractivity contribution in [2.24, 2.45) is 5.92 Å². The molecular weight excluding hydrogens is 292 g/mol. The van der Waals surface area contributed by atoms with Crippen molar-refractivity contribution in [2.75, 3.05) is 33.8 Å². The van der Waals surface area contributed by atoms with Crippen LogP contribution in [0.3, 0.4) is 0 Å². The lowest BCUT2D eigenvalue weighted by atomic mass is 9.95. The summed E-state index contributed by atoms with van der Waals surface area (Å²) >= 11 is 0. The van der Waals surface area contributed by atoms with Crippen molar-refractivity contribution < 1.29 is 14.3 Å². The highest BCUT2D eigenvalue weighted by Crippen LogP contribution is 2.21. The molecule has 1 aliphatic rings. The van der Waals surface area contributed by atoms with Gasteiger partial charge in [0.05, 0.1) is 0 Å². The van der Waals surface area contributed by atoms with Gasteiger partial charge in [0, 0.05) is 38.7 Å². The third-order valence-electron chi connectivity index (χ3n) is 4.04. The average molecular weight is 316 g/mol. The van der Waals surface area contributed by atoms with Crippen LogP contribution in [-0.4, -0.2) is 55.4 Å². The Hall–Kier alpha value is -2.30. The van der Waals surface area contributed by atoms with E-state index < -0.39 is 0 Å². The van der Waals surface area contributed by atoms with E-state index in [0.717, 1.165) is 18.6 Å². The molecule has 0 atom stereocenters. The Balaban J connectivity index is 1.92. The summed E-state index contributed by atoms with van der Waals surface area (Å²) in [4.78, 5) is 27.9. The van der Waals surface area contributed by atoms with Gasteiger partial charge in [-0.05, 0) is 37.1 Å². The largest absolute Gasteiger partial charge is 0.490 e. The standard InChI is InChI=1S/C18H24N2O3/c1-4-13-23-16-7-5-14(6-8-16)18(22)20-11-9-15(10-12-20)17(21)19(2)3/h4-8,15H,1,9-13H2,2-3H3. The monoisotopic (exact) mass is 316 g/mol. The van der Waals surface area contributed by atoms with Crippen molar-refractivity contribution in [1.82, 2.24) is 9.80 Å². The Morgan fingerprint density at radius 1 is 1.26 bits per heavy atom. The smallest absolute Gasteiger partial charge is 0.253 e. The lowest BCUT2D eigenvalue weighted by molar-refractivity contribution is -0.134. The normalized spacial score (nSPS) is 15.1. The van der Waals surface area contributed by atoms with Gasteiger partial charge in [0.15, 0.2) is 0 Å². The summed E-state index contributed by atoms with van der Waals surface area (Å²) in [6.45, 7) is 5.29. The first kappa shape index (κ1) is 17.1. The minimum Gasteiger partial charge on any atom is -0.490 e. The van der Waals surface area contributed by atoms with Gasteiger partial charge in [-0.2, -0.15) is 0 Å². The number of piperidine rings is 1. The zero-order valence-corrected chi connectivity index (χ0v) is 13.8. The van der Waals surface area contributed by atoms with Crippen LogP contribution < -0.4 is 4.74 Å². The Labute approximate surface area is 137 Å². The van der Waals surface area contributed by atoms with E-state index in [-0.39, 0.29) is 17.7 Å². The second-order valence-corrected chi connectivity index (χ2v) is 5.92. The number of amides is 2. The summed E-state index contributed by atoms with van der Waals surface area (Å²) in [5, 5.41) is 0. The van der Waals surface area contributed by atoms with Crippen molar-refractivity contribution in [3.63, 3.8) is 0 Å². The van der Waals surface area contributed by atoms with Crippen LogP contribution in [0.5, 0.6) is 5.75 Å². The molecule has 0 bridgehead atoms. The molecule has 1 aromatic rings. The number of benzene rings is 1. The molecular formula is C18H24N2O3. The molecule has 0 saturated carbocycles. The highest BCUT2D eigenvalue weighted by atomic mass is 16.5. The van der Waals surface area contributed by atoms with Gasteiger partial charge in [-0.25, -0.2) is 0 Å². The van der Waals surface area contributed by atoms with E-state index in [4.69, 9.17) is 4.74 Å². The summed E-state index contributed by atoms with van der Waals surface area (Å²) in [6, 6.07) is 7.13. The predicted molar refractivity (Wildman–Crippen MR) is 89.5 cm³/mol. The molecule has 1 aromatic carbocycles. The first-order valence-electron chi connectivity index (χ1n) is 7.87.